The normalized spacial score (nSPS) is 25.1. The molecule has 0 saturated heterocycles. The summed E-state index contributed by atoms with van der Waals surface area (Å²) in [5.41, 5.74) is 0.964. The van der Waals surface area contributed by atoms with Gasteiger partial charge in [-0.2, -0.15) is 0 Å². The highest BCUT2D eigenvalue weighted by Crippen LogP contribution is 2.36. The zero-order valence-corrected chi connectivity index (χ0v) is 9.96. The summed E-state index contributed by atoms with van der Waals surface area (Å²) in [7, 11) is 0. The zero-order valence-electron chi connectivity index (χ0n) is 9.20. The van der Waals surface area contributed by atoms with Crippen LogP contribution >= 0.6 is 11.6 Å². The quantitative estimate of drug-likeness (QED) is 0.849. The second-order valence-corrected chi connectivity index (χ2v) is 5.08. The summed E-state index contributed by atoms with van der Waals surface area (Å²) in [6.45, 7) is 4.58. The molecule has 3 heteroatoms. The van der Waals surface area contributed by atoms with Gasteiger partial charge in [0, 0.05) is 12.2 Å². The molecule has 1 aliphatic rings. The molecule has 1 aromatic rings. The average molecular weight is 225 g/mol. The topological polar surface area (TPSA) is 24.9 Å². The van der Waals surface area contributed by atoms with Crippen molar-refractivity contribution in [2.45, 2.75) is 32.7 Å². The molecule has 0 aliphatic heterocycles. The Kier molecular flexibility index (Phi) is 3.15. The first-order chi connectivity index (χ1) is 7.16. The van der Waals surface area contributed by atoms with Crippen molar-refractivity contribution in [1.82, 2.24) is 4.98 Å². The lowest BCUT2D eigenvalue weighted by molar-refractivity contribution is 0.212. The Balaban J connectivity index is 1.88. The number of nitrogens with one attached hydrogen (secondary N) is 1. The molecule has 1 heterocycles. The number of aromatic nitrogens is 1. The van der Waals surface area contributed by atoms with Crippen LogP contribution in [-0.4, -0.2) is 11.0 Å². The number of anilines is 1. The van der Waals surface area contributed by atoms with Gasteiger partial charge >= 0.3 is 0 Å². The molecule has 1 saturated carbocycles. The van der Waals surface area contributed by atoms with E-state index in [9.17, 15) is 0 Å². The molecule has 1 aromatic heterocycles. The predicted molar refractivity (Wildman–Crippen MR) is 64.2 cm³/mol. The number of halogens is 1. The first kappa shape index (κ1) is 10.7. The van der Waals surface area contributed by atoms with Crippen molar-refractivity contribution in [3.8, 4) is 0 Å². The van der Waals surface area contributed by atoms with Crippen LogP contribution in [0, 0.1) is 11.8 Å². The molecule has 1 N–H and O–H groups in total. The molecule has 0 aromatic carbocycles. The first-order valence-corrected chi connectivity index (χ1v) is 5.90. The second-order valence-electron chi connectivity index (χ2n) is 4.67. The summed E-state index contributed by atoms with van der Waals surface area (Å²) in [5.74, 6) is 1.67. The average Bonchev–Trinajstić information content (AvgIpc) is 2.12. The fourth-order valence-corrected chi connectivity index (χ4v) is 2.19. The van der Waals surface area contributed by atoms with Crippen LogP contribution in [0.5, 0.6) is 0 Å². The molecule has 15 heavy (non-hydrogen) atoms. The highest BCUT2D eigenvalue weighted by Gasteiger charge is 2.31. The minimum Gasteiger partial charge on any atom is -0.380 e. The highest BCUT2D eigenvalue weighted by atomic mass is 35.5. The molecule has 0 atom stereocenters. The monoisotopic (exact) mass is 224 g/mol. The number of hydrogen-bond donors (Lipinski definition) is 1. The largest absolute Gasteiger partial charge is 0.380 e. The summed E-state index contributed by atoms with van der Waals surface area (Å²) in [5, 5.41) is 4.20. The molecule has 0 spiro atoms. The maximum Gasteiger partial charge on any atom is 0.0718 e. The summed E-state index contributed by atoms with van der Waals surface area (Å²) in [6, 6.07) is 2.40. The third-order valence-electron chi connectivity index (χ3n) is 3.24. The van der Waals surface area contributed by atoms with Crippen LogP contribution < -0.4 is 5.32 Å². The van der Waals surface area contributed by atoms with Gasteiger partial charge in [0.25, 0.3) is 0 Å². The van der Waals surface area contributed by atoms with Gasteiger partial charge in [-0.3, -0.25) is 4.98 Å². The Labute approximate surface area is 96.1 Å². The molecule has 1 aliphatic carbocycles. The zero-order chi connectivity index (χ0) is 10.8. The Morgan fingerprint density at radius 1 is 1.47 bits per heavy atom. The summed E-state index contributed by atoms with van der Waals surface area (Å²) < 4.78 is 0. The summed E-state index contributed by atoms with van der Waals surface area (Å²) in [6.07, 6.45) is 6.02. The van der Waals surface area contributed by atoms with E-state index in [0.717, 1.165) is 22.5 Å². The van der Waals surface area contributed by atoms with Gasteiger partial charge in [0.05, 0.1) is 16.9 Å². The van der Waals surface area contributed by atoms with E-state index in [1.165, 1.54) is 12.8 Å². The molecule has 0 bridgehead atoms. The van der Waals surface area contributed by atoms with Crippen LogP contribution in [0.25, 0.3) is 0 Å². The van der Waals surface area contributed by atoms with E-state index in [1.807, 2.05) is 6.07 Å². The molecule has 2 nitrogen and oxygen atoms in total. The first-order valence-electron chi connectivity index (χ1n) is 5.53. The molecule has 2 rings (SSSR count). The van der Waals surface area contributed by atoms with Gasteiger partial charge in [0.2, 0.25) is 0 Å². The highest BCUT2D eigenvalue weighted by molar-refractivity contribution is 6.33. The Morgan fingerprint density at radius 2 is 2.20 bits per heavy atom. The maximum absolute atomic E-state index is 6.05. The van der Waals surface area contributed by atoms with Gasteiger partial charge in [-0.05, 0) is 30.7 Å². The number of hydrogen-bond acceptors (Lipinski definition) is 2. The van der Waals surface area contributed by atoms with Crippen molar-refractivity contribution >= 4 is 17.3 Å². The number of nitrogens with zero attached hydrogens (tertiary/aromatic N) is 1. The van der Waals surface area contributed by atoms with E-state index < -0.39 is 0 Å². The minimum absolute atomic E-state index is 0.582. The van der Waals surface area contributed by atoms with Crippen molar-refractivity contribution in [2.75, 3.05) is 5.32 Å². The van der Waals surface area contributed by atoms with E-state index in [1.54, 1.807) is 12.4 Å². The van der Waals surface area contributed by atoms with E-state index in [-0.39, 0.29) is 0 Å². The van der Waals surface area contributed by atoms with Crippen LogP contribution in [0.2, 0.25) is 5.02 Å². The summed E-state index contributed by atoms with van der Waals surface area (Å²) >= 11 is 6.05. The van der Waals surface area contributed by atoms with Gasteiger partial charge in [0.1, 0.15) is 0 Å². The van der Waals surface area contributed by atoms with E-state index in [0.29, 0.717) is 6.04 Å². The van der Waals surface area contributed by atoms with Crippen molar-refractivity contribution in [3.63, 3.8) is 0 Å². The van der Waals surface area contributed by atoms with Crippen LogP contribution in [0.4, 0.5) is 5.69 Å². The lowest BCUT2D eigenvalue weighted by atomic mass is 9.73. The number of pyridine rings is 1. The van der Waals surface area contributed by atoms with Crippen LogP contribution in [0.15, 0.2) is 18.5 Å². The fraction of sp³-hybridized carbons (Fsp3) is 0.583. The smallest absolute Gasteiger partial charge is 0.0718 e. The summed E-state index contributed by atoms with van der Waals surface area (Å²) in [4.78, 5) is 4.06. The minimum atomic E-state index is 0.582. The van der Waals surface area contributed by atoms with Crippen LogP contribution in [0.1, 0.15) is 26.7 Å². The van der Waals surface area contributed by atoms with Crippen molar-refractivity contribution in [1.29, 1.82) is 0 Å². The fourth-order valence-electron chi connectivity index (χ4n) is 2.03. The van der Waals surface area contributed by atoms with E-state index in [4.69, 9.17) is 11.6 Å². The standard InChI is InChI=1S/C12H17ClN2/c1-8(2)9-5-10(6-9)15-12-7-14-4-3-11(12)13/h3-4,7-10,15H,5-6H2,1-2H3. The SMILES string of the molecule is CC(C)C1CC(Nc2cnccc2Cl)C1. The van der Waals surface area contributed by atoms with Crippen molar-refractivity contribution < 1.29 is 0 Å². The Morgan fingerprint density at radius 3 is 2.80 bits per heavy atom. The third-order valence-corrected chi connectivity index (χ3v) is 3.57. The number of rotatable bonds is 3. The van der Waals surface area contributed by atoms with Gasteiger partial charge in [-0.1, -0.05) is 25.4 Å². The molecule has 82 valence electrons. The van der Waals surface area contributed by atoms with Crippen molar-refractivity contribution in [2.24, 2.45) is 11.8 Å². The van der Waals surface area contributed by atoms with Gasteiger partial charge in [-0.15, -0.1) is 0 Å². The van der Waals surface area contributed by atoms with Crippen LogP contribution in [-0.2, 0) is 0 Å². The van der Waals surface area contributed by atoms with Crippen LogP contribution in [0.3, 0.4) is 0 Å². The van der Waals surface area contributed by atoms with E-state index in [2.05, 4.69) is 24.1 Å². The lowest BCUT2D eigenvalue weighted by Gasteiger charge is -2.39. The molecule has 0 amide bonds. The maximum atomic E-state index is 6.05. The molecular weight excluding hydrogens is 208 g/mol. The Bertz CT molecular complexity index is 332. The predicted octanol–water partition coefficient (Wildman–Crippen LogP) is 3.58. The third kappa shape index (κ3) is 2.43. The second kappa shape index (κ2) is 4.40. The van der Waals surface area contributed by atoms with Gasteiger partial charge < -0.3 is 5.32 Å². The lowest BCUT2D eigenvalue weighted by Crippen LogP contribution is -2.37. The van der Waals surface area contributed by atoms with E-state index >= 15 is 0 Å². The van der Waals surface area contributed by atoms with Crippen molar-refractivity contribution in [3.05, 3.63) is 23.5 Å². The Hall–Kier alpha value is -0.760. The molecular formula is C12H17ClN2. The molecule has 0 unspecified atom stereocenters. The molecule has 1 fully saturated rings. The van der Waals surface area contributed by atoms with Gasteiger partial charge in [0.15, 0.2) is 0 Å². The van der Waals surface area contributed by atoms with Gasteiger partial charge in [-0.25, -0.2) is 0 Å². The molecule has 0 radical (unpaired) electrons.